The Morgan fingerprint density at radius 2 is 1.72 bits per heavy atom. The quantitative estimate of drug-likeness (QED) is 0.554. The molecule has 0 aromatic heterocycles. The van der Waals surface area contributed by atoms with E-state index in [-0.39, 0.29) is 0 Å². The molecular formula is C12H17Br2NO3. The van der Waals surface area contributed by atoms with Crippen molar-refractivity contribution in [2.45, 2.75) is 6.42 Å². The highest BCUT2D eigenvalue weighted by atomic mass is 79.9. The van der Waals surface area contributed by atoms with Crippen LogP contribution in [0.5, 0.6) is 5.75 Å². The maximum atomic E-state index is 5.70. The SMILES string of the molecule is COCCOCCCOc1c(Br)cc(N)cc1Br. The summed E-state index contributed by atoms with van der Waals surface area (Å²) in [5.74, 6) is 0.765. The highest BCUT2D eigenvalue weighted by molar-refractivity contribution is 9.11. The zero-order chi connectivity index (χ0) is 13.4. The summed E-state index contributed by atoms with van der Waals surface area (Å²) in [6.45, 7) is 2.49. The van der Waals surface area contributed by atoms with Crippen molar-refractivity contribution >= 4 is 37.5 Å². The van der Waals surface area contributed by atoms with Gasteiger partial charge in [0.2, 0.25) is 0 Å². The number of benzene rings is 1. The van der Waals surface area contributed by atoms with Crippen molar-refractivity contribution in [3.05, 3.63) is 21.1 Å². The normalized spacial score (nSPS) is 10.6. The smallest absolute Gasteiger partial charge is 0.147 e. The zero-order valence-electron chi connectivity index (χ0n) is 10.2. The standard InChI is InChI=1S/C12H17Br2NO3/c1-16-5-6-17-3-2-4-18-12-10(13)7-9(15)8-11(12)14/h7-8H,2-6,15H2,1H3. The summed E-state index contributed by atoms with van der Waals surface area (Å²) in [7, 11) is 1.66. The van der Waals surface area contributed by atoms with Crippen molar-refractivity contribution in [2.24, 2.45) is 0 Å². The topological polar surface area (TPSA) is 53.7 Å². The first-order valence-electron chi connectivity index (χ1n) is 5.59. The fourth-order valence-electron chi connectivity index (χ4n) is 1.30. The van der Waals surface area contributed by atoms with E-state index in [0.29, 0.717) is 32.1 Å². The molecule has 1 aromatic carbocycles. The van der Waals surface area contributed by atoms with Gasteiger partial charge in [-0.25, -0.2) is 0 Å². The van der Waals surface area contributed by atoms with Gasteiger partial charge in [-0.05, 0) is 44.0 Å². The molecule has 1 rings (SSSR count). The first kappa shape index (κ1) is 15.8. The molecule has 6 heteroatoms. The van der Waals surface area contributed by atoms with Crippen LogP contribution in [0.4, 0.5) is 5.69 Å². The molecule has 0 aliphatic heterocycles. The van der Waals surface area contributed by atoms with Gasteiger partial charge in [0, 0.05) is 25.8 Å². The van der Waals surface area contributed by atoms with Crippen molar-refractivity contribution in [3.63, 3.8) is 0 Å². The molecule has 0 amide bonds. The van der Waals surface area contributed by atoms with Crippen molar-refractivity contribution in [3.8, 4) is 5.75 Å². The molecule has 0 saturated heterocycles. The molecule has 0 spiro atoms. The predicted molar refractivity (Wildman–Crippen MR) is 79.1 cm³/mol. The van der Waals surface area contributed by atoms with E-state index in [1.54, 1.807) is 7.11 Å². The molecule has 0 aliphatic carbocycles. The fraction of sp³-hybridized carbons (Fsp3) is 0.500. The lowest BCUT2D eigenvalue weighted by atomic mass is 10.3. The molecular weight excluding hydrogens is 366 g/mol. The van der Waals surface area contributed by atoms with Gasteiger partial charge >= 0.3 is 0 Å². The monoisotopic (exact) mass is 381 g/mol. The Morgan fingerprint density at radius 3 is 2.33 bits per heavy atom. The van der Waals surface area contributed by atoms with Crippen molar-refractivity contribution < 1.29 is 14.2 Å². The van der Waals surface area contributed by atoms with Crippen LogP contribution in [0, 0.1) is 0 Å². The molecule has 0 heterocycles. The number of nitrogens with two attached hydrogens (primary N) is 1. The average molecular weight is 383 g/mol. The number of nitrogen functional groups attached to an aromatic ring is 1. The second-order valence-electron chi connectivity index (χ2n) is 3.62. The minimum Gasteiger partial charge on any atom is -0.491 e. The minimum absolute atomic E-state index is 0.591. The van der Waals surface area contributed by atoms with Gasteiger partial charge in [-0.15, -0.1) is 0 Å². The molecule has 0 atom stereocenters. The number of rotatable bonds is 8. The van der Waals surface area contributed by atoms with Crippen LogP contribution >= 0.6 is 31.9 Å². The third kappa shape index (κ3) is 5.56. The van der Waals surface area contributed by atoms with Crippen LogP contribution in [0.3, 0.4) is 0 Å². The van der Waals surface area contributed by atoms with E-state index in [9.17, 15) is 0 Å². The molecule has 18 heavy (non-hydrogen) atoms. The van der Waals surface area contributed by atoms with E-state index < -0.39 is 0 Å². The van der Waals surface area contributed by atoms with E-state index in [1.807, 2.05) is 12.1 Å². The molecule has 1 aromatic rings. The molecule has 0 unspecified atom stereocenters. The molecule has 0 fully saturated rings. The summed E-state index contributed by atoms with van der Waals surface area (Å²) in [6.07, 6.45) is 0.826. The first-order valence-corrected chi connectivity index (χ1v) is 7.17. The maximum absolute atomic E-state index is 5.70. The molecule has 102 valence electrons. The molecule has 0 radical (unpaired) electrons. The number of anilines is 1. The van der Waals surface area contributed by atoms with Gasteiger partial charge < -0.3 is 19.9 Å². The van der Waals surface area contributed by atoms with Crippen molar-refractivity contribution in [2.75, 3.05) is 39.3 Å². The van der Waals surface area contributed by atoms with Gasteiger partial charge in [0.15, 0.2) is 0 Å². The number of hydrogen-bond donors (Lipinski definition) is 1. The van der Waals surface area contributed by atoms with E-state index in [4.69, 9.17) is 19.9 Å². The Bertz CT molecular complexity index is 351. The van der Waals surface area contributed by atoms with Crippen LogP contribution in [0.25, 0.3) is 0 Å². The second-order valence-corrected chi connectivity index (χ2v) is 5.33. The summed E-state index contributed by atoms with van der Waals surface area (Å²) < 4.78 is 17.6. The lowest BCUT2D eigenvalue weighted by molar-refractivity contribution is 0.0643. The molecule has 0 saturated carbocycles. The molecule has 4 nitrogen and oxygen atoms in total. The van der Waals surface area contributed by atoms with Crippen LogP contribution in [-0.4, -0.2) is 33.5 Å². The average Bonchev–Trinajstić information content (AvgIpc) is 2.30. The largest absolute Gasteiger partial charge is 0.491 e. The van der Waals surface area contributed by atoms with Gasteiger partial charge in [-0.1, -0.05) is 0 Å². The van der Waals surface area contributed by atoms with Crippen LogP contribution in [-0.2, 0) is 9.47 Å². The van der Waals surface area contributed by atoms with Crippen molar-refractivity contribution in [1.82, 2.24) is 0 Å². The van der Waals surface area contributed by atoms with Crippen LogP contribution in [0.15, 0.2) is 21.1 Å². The fourth-order valence-corrected chi connectivity index (χ4v) is 2.75. The van der Waals surface area contributed by atoms with Gasteiger partial charge in [-0.3, -0.25) is 0 Å². The number of hydrogen-bond acceptors (Lipinski definition) is 4. The Hall–Kier alpha value is -0.300. The van der Waals surface area contributed by atoms with Gasteiger partial charge in [0.05, 0.1) is 28.8 Å². The Kier molecular flexibility index (Phi) is 7.65. The number of halogens is 2. The first-order chi connectivity index (χ1) is 8.65. The van der Waals surface area contributed by atoms with Gasteiger partial charge in [-0.2, -0.15) is 0 Å². The van der Waals surface area contributed by atoms with Gasteiger partial charge in [0.1, 0.15) is 5.75 Å². The summed E-state index contributed by atoms with van der Waals surface area (Å²) in [5.41, 5.74) is 6.39. The summed E-state index contributed by atoms with van der Waals surface area (Å²) in [4.78, 5) is 0. The highest BCUT2D eigenvalue weighted by Gasteiger charge is 2.07. The second kappa shape index (κ2) is 8.74. The van der Waals surface area contributed by atoms with E-state index in [0.717, 1.165) is 21.1 Å². The minimum atomic E-state index is 0.591. The maximum Gasteiger partial charge on any atom is 0.147 e. The van der Waals surface area contributed by atoms with Crippen LogP contribution in [0.2, 0.25) is 0 Å². The lowest BCUT2D eigenvalue weighted by Gasteiger charge is -2.11. The van der Waals surface area contributed by atoms with Crippen LogP contribution < -0.4 is 10.5 Å². The lowest BCUT2D eigenvalue weighted by Crippen LogP contribution is -2.07. The Labute approximate surface area is 124 Å². The van der Waals surface area contributed by atoms with Gasteiger partial charge in [0.25, 0.3) is 0 Å². The third-order valence-corrected chi connectivity index (χ3v) is 3.31. The number of methoxy groups -OCH3 is 1. The summed E-state index contributed by atoms with van der Waals surface area (Å²) in [5, 5.41) is 0. The summed E-state index contributed by atoms with van der Waals surface area (Å²) in [6, 6.07) is 3.63. The summed E-state index contributed by atoms with van der Waals surface area (Å²) >= 11 is 6.84. The Balaban J connectivity index is 2.27. The molecule has 0 bridgehead atoms. The van der Waals surface area contributed by atoms with E-state index in [1.165, 1.54) is 0 Å². The third-order valence-electron chi connectivity index (χ3n) is 2.13. The predicted octanol–water partition coefficient (Wildman–Crippen LogP) is 3.23. The highest BCUT2D eigenvalue weighted by Crippen LogP contribution is 2.35. The molecule has 2 N–H and O–H groups in total. The Morgan fingerprint density at radius 1 is 1.06 bits per heavy atom. The zero-order valence-corrected chi connectivity index (χ0v) is 13.4. The van der Waals surface area contributed by atoms with Crippen LogP contribution in [0.1, 0.15) is 6.42 Å². The van der Waals surface area contributed by atoms with E-state index >= 15 is 0 Å². The van der Waals surface area contributed by atoms with Crippen molar-refractivity contribution in [1.29, 1.82) is 0 Å². The van der Waals surface area contributed by atoms with E-state index in [2.05, 4.69) is 31.9 Å². The number of ether oxygens (including phenoxy) is 3. The molecule has 0 aliphatic rings.